The molecular weight excluding hydrogens is 1500 g/mol. The van der Waals surface area contributed by atoms with Crippen molar-refractivity contribution in [2.75, 3.05) is 9.80 Å². The summed E-state index contributed by atoms with van der Waals surface area (Å²) in [5, 5.41) is 21.6. The maximum atomic E-state index is 11.1. The summed E-state index contributed by atoms with van der Waals surface area (Å²) in [7, 11) is 0. The smallest absolute Gasteiger partial charge is 0.213 e. The third kappa shape index (κ3) is 13.5. The summed E-state index contributed by atoms with van der Waals surface area (Å²) in [6.07, 6.45) is 0.979. The number of nitrogens with zero attached hydrogens (tertiary/aromatic N) is 6. The Morgan fingerprint density at radius 3 is 0.786 bits per heavy atom. The SMILES string of the molecule is [C-]#[N+]c1c(C#N)c(-c2ccccc2)c(-c2ccc(Br)cc2)c(-c2ccc(Br)cc2)c1-c1ccccc1.[C-]#[N+]c1c(C#N)c(-c2ccccc2)c(-c2ccc(N3c4ccccc4Oc4ccccc43)cc2)c(-c2ccc(N3c4ccccc4Oc4ccccc43)cc2)c1-c1ccccc1.c1ccc2c(c1)Cc1ccccc1O2. The Hall–Kier alpha value is -14.6. The lowest BCUT2D eigenvalue weighted by molar-refractivity contribution is 0.460. The van der Waals surface area contributed by atoms with Crippen LogP contribution in [0.2, 0.25) is 0 Å². The lowest BCUT2D eigenvalue weighted by atomic mass is 9.79. The van der Waals surface area contributed by atoms with Gasteiger partial charge in [-0.1, -0.05) is 287 Å². The molecule has 19 rings (SSSR count). The van der Waals surface area contributed by atoms with Crippen molar-refractivity contribution in [3.8, 4) is 136 Å². The monoisotopic (exact) mass is 1560 g/mol. The molecule has 0 N–H and O–H groups in total. The molecule has 0 saturated carbocycles. The molecule has 0 fully saturated rings. The second-order valence-corrected chi connectivity index (χ2v) is 28.5. The summed E-state index contributed by atoms with van der Waals surface area (Å²) >= 11 is 7.12. The Bertz CT molecular complexity index is 5910. The molecule has 528 valence electrons. The number of fused-ring (bicyclic) bond motifs is 6. The maximum absolute atomic E-state index is 11.1. The minimum Gasteiger partial charge on any atom is -0.457 e. The predicted molar refractivity (Wildman–Crippen MR) is 459 cm³/mol. The number of hydrogen-bond acceptors (Lipinski definition) is 7. The molecule has 0 spiro atoms. The second-order valence-electron chi connectivity index (χ2n) is 26.7. The van der Waals surface area contributed by atoms with Gasteiger partial charge in [0.1, 0.15) is 11.5 Å². The summed E-state index contributed by atoms with van der Waals surface area (Å²) in [4.78, 5) is 12.6. The fraction of sp³-hybridized carbons (Fsp3) is 0.00990. The fourth-order valence-corrected chi connectivity index (χ4v) is 15.7. The molecular formula is C101H62Br2N6O3. The Labute approximate surface area is 667 Å². The van der Waals surface area contributed by atoms with Crippen LogP contribution in [0.1, 0.15) is 22.3 Å². The van der Waals surface area contributed by atoms with Gasteiger partial charge in [0.15, 0.2) is 23.0 Å². The highest BCUT2D eigenvalue weighted by molar-refractivity contribution is 9.10. The first kappa shape index (κ1) is 70.4. The molecule has 16 aromatic rings. The van der Waals surface area contributed by atoms with Gasteiger partial charge in [0.2, 0.25) is 11.4 Å². The zero-order valence-electron chi connectivity index (χ0n) is 60.0. The molecule has 0 bridgehead atoms. The summed E-state index contributed by atoms with van der Waals surface area (Å²) in [6, 6.07) is 127. The van der Waals surface area contributed by atoms with Gasteiger partial charge in [-0.25, -0.2) is 9.69 Å². The second kappa shape index (κ2) is 31.3. The zero-order valence-corrected chi connectivity index (χ0v) is 63.2. The first-order valence-electron chi connectivity index (χ1n) is 36.4. The van der Waals surface area contributed by atoms with Gasteiger partial charge in [-0.3, -0.25) is 0 Å². The van der Waals surface area contributed by atoms with Crippen LogP contribution in [0.3, 0.4) is 0 Å². The predicted octanol–water partition coefficient (Wildman–Crippen LogP) is 29.6. The van der Waals surface area contributed by atoms with Crippen molar-refractivity contribution in [1.29, 1.82) is 10.5 Å². The van der Waals surface area contributed by atoms with Gasteiger partial charge in [-0.05, 0) is 209 Å². The zero-order chi connectivity index (χ0) is 76.0. The minimum absolute atomic E-state index is 0.314. The first-order valence-corrected chi connectivity index (χ1v) is 38.0. The molecule has 0 saturated heterocycles. The highest BCUT2D eigenvalue weighted by atomic mass is 79.9. The number of para-hydroxylation sites is 10. The normalized spacial score (nSPS) is 11.6. The van der Waals surface area contributed by atoms with Crippen LogP contribution < -0.4 is 24.0 Å². The van der Waals surface area contributed by atoms with Crippen LogP contribution in [-0.2, 0) is 6.42 Å². The lowest BCUT2D eigenvalue weighted by Crippen LogP contribution is -2.15. The van der Waals surface area contributed by atoms with Crippen LogP contribution in [0.15, 0.2) is 373 Å². The topological polar surface area (TPSA) is 90.5 Å². The van der Waals surface area contributed by atoms with Crippen LogP contribution in [0.25, 0.3) is 98.7 Å². The van der Waals surface area contributed by atoms with E-state index in [2.05, 4.69) is 185 Å². The summed E-state index contributed by atoms with van der Waals surface area (Å²) in [5.74, 6) is 5.09. The van der Waals surface area contributed by atoms with E-state index in [-0.39, 0.29) is 0 Å². The van der Waals surface area contributed by atoms with Gasteiger partial charge in [0.05, 0.1) is 59.2 Å². The van der Waals surface area contributed by atoms with E-state index in [1.807, 2.05) is 243 Å². The number of ether oxygens (including phenoxy) is 3. The maximum Gasteiger partial charge on any atom is 0.213 e. The van der Waals surface area contributed by atoms with Gasteiger partial charge in [0, 0.05) is 26.7 Å². The van der Waals surface area contributed by atoms with Gasteiger partial charge < -0.3 is 24.0 Å². The van der Waals surface area contributed by atoms with E-state index < -0.39 is 0 Å². The molecule has 3 heterocycles. The van der Waals surface area contributed by atoms with E-state index in [0.29, 0.717) is 33.6 Å². The number of anilines is 6. The molecule has 11 heteroatoms. The van der Waals surface area contributed by atoms with E-state index in [1.54, 1.807) is 0 Å². The molecule has 3 aliphatic rings. The third-order valence-electron chi connectivity index (χ3n) is 20.1. The molecule has 16 aromatic carbocycles. The fourth-order valence-electron chi connectivity index (χ4n) is 15.2. The van der Waals surface area contributed by atoms with E-state index in [4.69, 9.17) is 27.4 Å². The number of rotatable bonds is 10. The number of hydrogen-bond donors (Lipinski definition) is 0. The van der Waals surface area contributed by atoms with Gasteiger partial charge in [-0.2, -0.15) is 10.5 Å². The van der Waals surface area contributed by atoms with Crippen LogP contribution in [0.5, 0.6) is 34.5 Å². The summed E-state index contributed by atoms with van der Waals surface area (Å²) in [5.41, 5.74) is 23.4. The number of benzene rings is 16. The molecule has 9 nitrogen and oxygen atoms in total. The molecule has 0 radical (unpaired) electrons. The Morgan fingerprint density at radius 1 is 0.259 bits per heavy atom. The van der Waals surface area contributed by atoms with Crippen LogP contribution in [-0.4, -0.2) is 0 Å². The molecule has 0 aliphatic carbocycles. The van der Waals surface area contributed by atoms with E-state index >= 15 is 0 Å². The van der Waals surface area contributed by atoms with Crippen molar-refractivity contribution in [1.82, 2.24) is 0 Å². The Balaban J connectivity index is 0.000000151. The largest absolute Gasteiger partial charge is 0.457 e. The first-order chi connectivity index (χ1) is 55.2. The van der Waals surface area contributed by atoms with Crippen molar-refractivity contribution >= 4 is 77.4 Å². The standard InChI is InChI=1S/C56H34N4O2.C32H18Br2N2.C13H10O/c1-58-56-43(36-57)52(37-16-4-2-5-17-37)53(39-28-32-41(33-29-39)59-44-20-8-12-24-48(44)61-49-25-13-9-21-45(49)59)54(55(56)38-18-6-3-7-19-38)40-30-34-42(35-31-40)60-46-22-10-14-26-50(46)62-51-27-15-11-23-47(51)60;1-36-32-27(20-35)28(21-8-4-2-5-9-21)29(23-12-16-25(33)17-13-23)30(24-14-18-26(34)19-15-24)31(32)22-10-6-3-7-11-22;1-3-7-12-10(5-1)9-11-6-2-4-8-13(11)14-12/h2-35H;2-19H;1-8H,9H2. The van der Waals surface area contributed by atoms with Crippen molar-refractivity contribution in [3.63, 3.8) is 0 Å². The number of halogens is 2. The van der Waals surface area contributed by atoms with Gasteiger partial charge in [-0.15, -0.1) is 0 Å². The average molecular weight is 1570 g/mol. The highest BCUT2D eigenvalue weighted by Crippen LogP contribution is 2.58. The quantitative estimate of drug-likeness (QED) is 0.126. The Kier molecular flexibility index (Phi) is 19.7. The van der Waals surface area contributed by atoms with E-state index in [9.17, 15) is 10.5 Å². The lowest BCUT2D eigenvalue weighted by Gasteiger charge is -2.33. The van der Waals surface area contributed by atoms with Crippen LogP contribution in [0.4, 0.5) is 45.5 Å². The number of nitriles is 2. The van der Waals surface area contributed by atoms with Crippen molar-refractivity contribution in [2.24, 2.45) is 0 Å². The molecule has 0 atom stereocenters. The average Bonchev–Trinajstić information content (AvgIpc) is 0.734. The summed E-state index contributed by atoms with van der Waals surface area (Å²) in [6.45, 7) is 16.9. The Morgan fingerprint density at radius 2 is 0.491 bits per heavy atom. The van der Waals surface area contributed by atoms with Crippen molar-refractivity contribution in [2.45, 2.75) is 6.42 Å². The molecule has 112 heavy (non-hydrogen) atoms. The molecule has 0 amide bonds. The molecule has 0 unspecified atom stereocenters. The van der Waals surface area contributed by atoms with Crippen LogP contribution >= 0.6 is 31.9 Å². The summed E-state index contributed by atoms with van der Waals surface area (Å²) < 4.78 is 20.4. The van der Waals surface area contributed by atoms with Gasteiger partial charge in [0.25, 0.3) is 0 Å². The van der Waals surface area contributed by atoms with Crippen LogP contribution in [0, 0.1) is 35.8 Å². The van der Waals surface area contributed by atoms with Crippen molar-refractivity contribution in [3.05, 3.63) is 418 Å². The van der Waals surface area contributed by atoms with Crippen molar-refractivity contribution < 1.29 is 14.2 Å². The van der Waals surface area contributed by atoms with Gasteiger partial charge >= 0.3 is 0 Å². The minimum atomic E-state index is 0.314. The molecule has 3 aliphatic heterocycles. The van der Waals surface area contributed by atoms with E-state index in [1.165, 1.54) is 11.1 Å². The van der Waals surface area contributed by atoms with E-state index in [0.717, 1.165) is 162 Å². The molecule has 0 aromatic heterocycles. The highest BCUT2D eigenvalue weighted by Gasteiger charge is 2.33. The third-order valence-corrected chi connectivity index (χ3v) is 21.2.